The topological polar surface area (TPSA) is 49.8 Å². The summed E-state index contributed by atoms with van der Waals surface area (Å²) in [6.45, 7) is 6.04. The van der Waals surface area contributed by atoms with Gasteiger partial charge in [0.1, 0.15) is 0 Å². The van der Waals surface area contributed by atoms with E-state index < -0.39 is 0 Å². The van der Waals surface area contributed by atoms with E-state index in [-0.39, 0.29) is 0 Å². The number of hydrogen-bond acceptors (Lipinski definition) is 4. The third-order valence-corrected chi connectivity index (χ3v) is 3.57. The molecule has 1 aromatic heterocycles. The Labute approximate surface area is 133 Å². The molecule has 0 radical (unpaired) electrons. The van der Waals surface area contributed by atoms with E-state index in [0.29, 0.717) is 12.0 Å². The molecule has 0 bridgehead atoms. The van der Waals surface area contributed by atoms with Crippen LogP contribution in [0, 0.1) is 0 Å². The molecule has 0 saturated heterocycles. The van der Waals surface area contributed by atoms with Crippen molar-refractivity contribution in [3.05, 3.63) is 53.9 Å². The first kappa shape index (κ1) is 16.4. The lowest BCUT2D eigenvalue weighted by molar-refractivity contribution is 0.492. The quantitative estimate of drug-likeness (QED) is 0.736. The van der Waals surface area contributed by atoms with E-state index >= 15 is 0 Å². The minimum Gasteiger partial charge on any atom is -0.354 e. The van der Waals surface area contributed by atoms with Gasteiger partial charge in [0, 0.05) is 37.1 Å². The molecule has 4 heteroatoms. The predicted molar refractivity (Wildman–Crippen MR) is 91.7 cm³/mol. The molecule has 1 heterocycles. The van der Waals surface area contributed by atoms with Gasteiger partial charge in [-0.15, -0.1) is 0 Å². The SMILES string of the molecule is CCCNc1ncc(CNC(CCC)c2ccccc2)cn1. The first-order valence-electron chi connectivity index (χ1n) is 8.16. The van der Waals surface area contributed by atoms with Crippen molar-refractivity contribution in [3.63, 3.8) is 0 Å². The Kier molecular flexibility index (Phi) is 6.84. The molecular weight excluding hydrogens is 272 g/mol. The molecule has 1 atom stereocenters. The Hall–Kier alpha value is -1.94. The van der Waals surface area contributed by atoms with Crippen LogP contribution in [0.5, 0.6) is 0 Å². The molecule has 22 heavy (non-hydrogen) atoms. The summed E-state index contributed by atoms with van der Waals surface area (Å²) in [4.78, 5) is 8.70. The van der Waals surface area contributed by atoms with Crippen LogP contribution in [0.1, 0.15) is 50.3 Å². The van der Waals surface area contributed by atoms with Crippen LogP contribution in [0.2, 0.25) is 0 Å². The zero-order valence-electron chi connectivity index (χ0n) is 13.5. The van der Waals surface area contributed by atoms with E-state index in [0.717, 1.165) is 37.9 Å². The molecule has 2 N–H and O–H groups in total. The van der Waals surface area contributed by atoms with Crippen LogP contribution in [0.4, 0.5) is 5.95 Å². The monoisotopic (exact) mass is 298 g/mol. The maximum Gasteiger partial charge on any atom is 0.222 e. The van der Waals surface area contributed by atoms with Crippen molar-refractivity contribution in [2.75, 3.05) is 11.9 Å². The van der Waals surface area contributed by atoms with Crippen LogP contribution in [-0.2, 0) is 6.54 Å². The summed E-state index contributed by atoms with van der Waals surface area (Å²) >= 11 is 0. The zero-order chi connectivity index (χ0) is 15.6. The fraction of sp³-hybridized carbons (Fsp3) is 0.444. The van der Waals surface area contributed by atoms with Crippen LogP contribution < -0.4 is 10.6 Å². The van der Waals surface area contributed by atoms with Crippen molar-refractivity contribution in [1.82, 2.24) is 15.3 Å². The second-order valence-electron chi connectivity index (χ2n) is 5.47. The Balaban J connectivity index is 1.92. The lowest BCUT2D eigenvalue weighted by atomic mass is 10.0. The average molecular weight is 298 g/mol. The first-order chi connectivity index (χ1) is 10.8. The van der Waals surface area contributed by atoms with E-state index in [9.17, 15) is 0 Å². The molecule has 0 fully saturated rings. The molecule has 0 amide bonds. The number of nitrogens with zero attached hydrogens (tertiary/aromatic N) is 2. The van der Waals surface area contributed by atoms with Gasteiger partial charge in [0.2, 0.25) is 5.95 Å². The Morgan fingerprint density at radius 2 is 1.73 bits per heavy atom. The molecule has 0 aliphatic carbocycles. The highest BCUT2D eigenvalue weighted by atomic mass is 15.1. The molecule has 118 valence electrons. The minimum atomic E-state index is 0.379. The second kappa shape index (κ2) is 9.15. The Bertz CT molecular complexity index is 525. The smallest absolute Gasteiger partial charge is 0.222 e. The van der Waals surface area contributed by atoms with E-state index in [1.54, 1.807) is 0 Å². The van der Waals surface area contributed by atoms with Crippen molar-refractivity contribution in [1.29, 1.82) is 0 Å². The summed E-state index contributed by atoms with van der Waals surface area (Å²) in [6.07, 6.45) is 7.14. The number of anilines is 1. The highest BCUT2D eigenvalue weighted by Gasteiger charge is 2.09. The Morgan fingerprint density at radius 1 is 1.00 bits per heavy atom. The van der Waals surface area contributed by atoms with Crippen LogP contribution in [-0.4, -0.2) is 16.5 Å². The number of nitrogens with one attached hydrogen (secondary N) is 2. The summed E-state index contributed by atoms with van der Waals surface area (Å²) in [5, 5.41) is 6.81. The van der Waals surface area contributed by atoms with Crippen LogP contribution in [0.25, 0.3) is 0 Å². The largest absolute Gasteiger partial charge is 0.354 e. The van der Waals surface area contributed by atoms with Crippen molar-refractivity contribution < 1.29 is 0 Å². The molecule has 4 nitrogen and oxygen atoms in total. The molecule has 0 spiro atoms. The molecule has 0 aliphatic rings. The summed E-state index contributed by atoms with van der Waals surface area (Å²) in [5.74, 6) is 0.707. The van der Waals surface area contributed by atoms with E-state index in [2.05, 4.69) is 64.8 Å². The number of benzene rings is 1. The van der Waals surface area contributed by atoms with Gasteiger partial charge in [0.25, 0.3) is 0 Å². The normalized spacial score (nSPS) is 12.1. The standard InChI is InChI=1S/C18H26N4/c1-3-8-17(16-9-6-5-7-10-16)20-12-15-13-21-18(22-14-15)19-11-4-2/h5-7,9-10,13-14,17,20H,3-4,8,11-12H2,1-2H3,(H,19,21,22). The Morgan fingerprint density at radius 3 is 2.36 bits per heavy atom. The van der Waals surface area contributed by atoms with Gasteiger partial charge in [-0.05, 0) is 18.4 Å². The highest BCUT2D eigenvalue weighted by Crippen LogP contribution is 2.18. The molecule has 2 rings (SSSR count). The van der Waals surface area contributed by atoms with E-state index in [4.69, 9.17) is 0 Å². The molecular formula is C18H26N4. The van der Waals surface area contributed by atoms with Gasteiger partial charge in [-0.3, -0.25) is 0 Å². The summed E-state index contributed by atoms with van der Waals surface area (Å²) < 4.78 is 0. The van der Waals surface area contributed by atoms with E-state index in [1.165, 1.54) is 5.56 Å². The lowest BCUT2D eigenvalue weighted by Crippen LogP contribution is -2.21. The summed E-state index contributed by atoms with van der Waals surface area (Å²) in [7, 11) is 0. The van der Waals surface area contributed by atoms with Gasteiger partial charge in [0.05, 0.1) is 0 Å². The van der Waals surface area contributed by atoms with Crippen LogP contribution >= 0.6 is 0 Å². The molecule has 1 aromatic carbocycles. The molecule has 0 aliphatic heterocycles. The fourth-order valence-electron chi connectivity index (χ4n) is 2.38. The molecule has 1 unspecified atom stereocenters. The highest BCUT2D eigenvalue weighted by molar-refractivity contribution is 5.24. The average Bonchev–Trinajstić information content (AvgIpc) is 2.58. The van der Waals surface area contributed by atoms with Gasteiger partial charge in [-0.25, -0.2) is 9.97 Å². The summed E-state index contributed by atoms with van der Waals surface area (Å²) in [5.41, 5.74) is 2.45. The maximum absolute atomic E-state index is 4.35. The van der Waals surface area contributed by atoms with Gasteiger partial charge in [-0.1, -0.05) is 50.6 Å². The molecule has 2 aromatic rings. The van der Waals surface area contributed by atoms with E-state index in [1.807, 2.05) is 12.4 Å². The fourth-order valence-corrected chi connectivity index (χ4v) is 2.38. The lowest BCUT2D eigenvalue weighted by Gasteiger charge is -2.18. The third-order valence-electron chi connectivity index (χ3n) is 3.57. The number of rotatable bonds is 9. The van der Waals surface area contributed by atoms with Crippen LogP contribution in [0.3, 0.4) is 0 Å². The van der Waals surface area contributed by atoms with Crippen molar-refractivity contribution in [2.24, 2.45) is 0 Å². The van der Waals surface area contributed by atoms with Gasteiger partial charge < -0.3 is 10.6 Å². The second-order valence-corrected chi connectivity index (χ2v) is 5.47. The predicted octanol–water partition coefficient (Wildman–Crippen LogP) is 3.93. The third kappa shape index (κ3) is 5.11. The number of aromatic nitrogens is 2. The van der Waals surface area contributed by atoms with Crippen molar-refractivity contribution >= 4 is 5.95 Å². The first-order valence-corrected chi connectivity index (χ1v) is 8.16. The van der Waals surface area contributed by atoms with Gasteiger partial charge in [0.15, 0.2) is 0 Å². The van der Waals surface area contributed by atoms with Gasteiger partial charge >= 0.3 is 0 Å². The van der Waals surface area contributed by atoms with Crippen molar-refractivity contribution in [3.8, 4) is 0 Å². The number of hydrogen-bond donors (Lipinski definition) is 2. The van der Waals surface area contributed by atoms with Crippen LogP contribution in [0.15, 0.2) is 42.7 Å². The zero-order valence-corrected chi connectivity index (χ0v) is 13.5. The maximum atomic E-state index is 4.35. The molecule has 0 saturated carbocycles. The van der Waals surface area contributed by atoms with Crippen molar-refractivity contribution in [2.45, 2.75) is 45.7 Å². The summed E-state index contributed by atoms with van der Waals surface area (Å²) in [6, 6.07) is 11.0. The minimum absolute atomic E-state index is 0.379. The van der Waals surface area contributed by atoms with Gasteiger partial charge in [-0.2, -0.15) is 0 Å².